The van der Waals surface area contributed by atoms with Crippen LogP contribution in [0, 0.1) is 4.77 Å². The highest BCUT2D eigenvalue weighted by molar-refractivity contribution is 7.71. The number of H-pyrrole nitrogens is 2. The van der Waals surface area contributed by atoms with Gasteiger partial charge >= 0.3 is 0 Å². The Labute approximate surface area is 142 Å². The van der Waals surface area contributed by atoms with Gasteiger partial charge in [0, 0.05) is 23.4 Å². The number of phenolic OH excluding ortho intramolecular Hbond substituents is 1. The quantitative estimate of drug-likeness (QED) is 0.368. The first kappa shape index (κ1) is 17.4. The fourth-order valence-electron chi connectivity index (χ4n) is 1.98. The Kier molecular flexibility index (Phi) is 5.48. The van der Waals surface area contributed by atoms with Crippen LogP contribution in [0.25, 0.3) is 0 Å². The van der Waals surface area contributed by atoms with Crippen LogP contribution in [0.3, 0.4) is 0 Å². The molecule has 8 nitrogen and oxygen atoms in total. The molecule has 0 aliphatic rings. The van der Waals surface area contributed by atoms with Gasteiger partial charge in [-0.1, -0.05) is 0 Å². The minimum Gasteiger partial charge on any atom is -0.507 e. The Balaban J connectivity index is 2.07. The lowest BCUT2D eigenvalue weighted by Gasteiger charge is -2.07. The lowest BCUT2D eigenvalue weighted by Crippen LogP contribution is -2.23. The molecule has 0 saturated carbocycles. The number of aromatic hydroxyl groups is 1. The SMILES string of the molecule is COc1ccc(/C(C)=N/NC(=O)Cc2cc(=O)[nH]c(=S)[nH]2)c(O)c1. The van der Waals surface area contributed by atoms with E-state index in [0.29, 0.717) is 22.7 Å². The first-order valence-corrected chi connectivity index (χ1v) is 7.33. The molecule has 1 aromatic heterocycles. The fourth-order valence-corrected chi connectivity index (χ4v) is 2.21. The molecule has 0 bridgehead atoms. The number of amides is 1. The topological polar surface area (TPSA) is 120 Å². The third-order valence-electron chi connectivity index (χ3n) is 3.11. The standard InChI is InChI=1S/C15H16N4O4S/c1-8(11-4-3-10(23-2)7-12(11)20)18-19-14(22)6-9-5-13(21)17-15(24)16-9/h3-5,7,20H,6H2,1-2H3,(H,19,22)(H2,16,17,21,24)/b18-8+. The van der Waals surface area contributed by atoms with Crippen LogP contribution in [0.1, 0.15) is 18.2 Å². The van der Waals surface area contributed by atoms with Gasteiger partial charge < -0.3 is 14.8 Å². The van der Waals surface area contributed by atoms with Gasteiger partial charge in [-0.3, -0.25) is 14.6 Å². The summed E-state index contributed by atoms with van der Waals surface area (Å²) in [6.45, 7) is 1.64. The van der Waals surface area contributed by atoms with Crippen molar-refractivity contribution in [3.8, 4) is 11.5 Å². The number of carbonyl (C=O) groups is 1. The van der Waals surface area contributed by atoms with Gasteiger partial charge in [-0.15, -0.1) is 0 Å². The molecule has 0 saturated heterocycles. The summed E-state index contributed by atoms with van der Waals surface area (Å²) in [6.07, 6.45) is -0.0844. The molecule has 1 aromatic carbocycles. The molecule has 9 heteroatoms. The molecule has 0 unspecified atom stereocenters. The summed E-state index contributed by atoms with van der Waals surface area (Å²) < 4.78 is 5.15. The van der Waals surface area contributed by atoms with E-state index in [1.165, 1.54) is 19.2 Å². The van der Waals surface area contributed by atoms with Crippen molar-refractivity contribution in [2.45, 2.75) is 13.3 Å². The summed E-state index contributed by atoms with van der Waals surface area (Å²) in [6, 6.07) is 6.01. The molecular weight excluding hydrogens is 332 g/mol. The molecule has 1 amide bonds. The maximum atomic E-state index is 11.9. The van der Waals surface area contributed by atoms with Crippen molar-refractivity contribution < 1.29 is 14.6 Å². The van der Waals surface area contributed by atoms with Crippen LogP contribution in [0.15, 0.2) is 34.2 Å². The number of aromatic amines is 2. The van der Waals surface area contributed by atoms with Crippen molar-refractivity contribution >= 4 is 23.8 Å². The van der Waals surface area contributed by atoms with Gasteiger partial charge in [-0.25, -0.2) is 5.43 Å². The van der Waals surface area contributed by atoms with Crippen LogP contribution in [0.2, 0.25) is 0 Å². The molecule has 0 radical (unpaired) electrons. The van der Waals surface area contributed by atoms with Crippen molar-refractivity contribution in [3.05, 3.63) is 50.6 Å². The van der Waals surface area contributed by atoms with E-state index in [1.54, 1.807) is 19.1 Å². The number of hydrazone groups is 1. The maximum absolute atomic E-state index is 11.9. The summed E-state index contributed by atoms with van der Waals surface area (Å²) in [7, 11) is 1.50. The number of aromatic nitrogens is 2. The molecule has 0 fully saturated rings. The second-order valence-corrected chi connectivity index (χ2v) is 5.31. The Hall–Kier alpha value is -2.94. The molecular formula is C15H16N4O4S. The highest BCUT2D eigenvalue weighted by Gasteiger charge is 2.08. The predicted octanol–water partition coefficient (Wildman–Crippen LogP) is 1.23. The van der Waals surface area contributed by atoms with Gasteiger partial charge in [-0.2, -0.15) is 5.10 Å². The Morgan fingerprint density at radius 1 is 1.38 bits per heavy atom. The Bertz CT molecular complexity index is 873. The number of benzene rings is 1. The predicted molar refractivity (Wildman–Crippen MR) is 91.0 cm³/mol. The molecule has 0 atom stereocenters. The Morgan fingerprint density at radius 3 is 2.75 bits per heavy atom. The van der Waals surface area contributed by atoms with E-state index < -0.39 is 5.91 Å². The van der Waals surface area contributed by atoms with Gasteiger partial charge in [-0.05, 0) is 31.3 Å². The van der Waals surface area contributed by atoms with E-state index in [0.717, 1.165) is 0 Å². The molecule has 1 heterocycles. The van der Waals surface area contributed by atoms with Gasteiger partial charge in [0.1, 0.15) is 11.5 Å². The van der Waals surface area contributed by atoms with Crippen LogP contribution in [-0.2, 0) is 11.2 Å². The normalized spacial score (nSPS) is 11.2. The smallest absolute Gasteiger partial charge is 0.251 e. The first-order valence-electron chi connectivity index (χ1n) is 6.92. The van der Waals surface area contributed by atoms with Crippen molar-refractivity contribution in [1.82, 2.24) is 15.4 Å². The number of ether oxygens (including phenoxy) is 1. The monoisotopic (exact) mass is 348 g/mol. The average molecular weight is 348 g/mol. The highest BCUT2D eigenvalue weighted by Crippen LogP contribution is 2.23. The number of nitrogens with zero attached hydrogens (tertiary/aromatic N) is 1. The zero-order valence-corrected chi connectivity index (χ0v) is 13.9. The van der Waals surface area contributed by atoms with E-state index in [-0.39, 0.29) is 22.5 Å². The first-order chi connectivity index (χ1) is 11.4. The van der Waals surface area contributed by atoms with Gasteiger partial charge in [0.25, 0.3) is 5.56 Å². The number of nitrogens with one attached hydrogen (secondary N) is 3. The van der Waals surface area contributed by atoms with E-state index in [4.69, 9.17) is 17.0 Å². The van der Waals surface area contributed by atoms with E-state index in [2.05, 4.69) is 20.5 Å². The number of hydrogen-bond acceptors (Lipinski definition) is 6. The number of rotatable bonds is 5. The number of hydrogen-bond donors (Lipinski definition) is 4. The minimum absolute atomic E-state index is 0.0106. The zero-order valence-electron chi connectivity index (χ0n) is 13.0. The summed E-state index contributed by atoms with van der Waals surface area (Å²) in [5, 5.41) is 13.9. The van der Waals surface area contributed by atoms with Gasteiger partial charge in [0.2, 0.25) is 5.91 Å². The summed E-state index contributed by atoms with van der Waals surface area (Å²) in [5.74, 6) is 0.0692. The molecule has 2 rings (SSSR count). The van der Waals surface area contributed by atoms with E-state index in [1.807, 2.05) is 0 Å². The van der Waals surface area contributed by atoms with Crippen LogP contribution in [-0.4, -0.2) is 33.8 Å². The van der Waals surface area contributed by atoms with Crippen molar-refractivity contribution in [2.75, 3.05) is 7.11 Å². The molecule has 2 aromatic rings. The molecule has 126 valence electrons. The Morgan fingerprint density at radius 2 is 2.12 bits per heavy atom. The van der Waals surface area contributed by atoms with E-state index in [9.17, 15) is 14.7 Å². The molecule has 24 heavy (non-hydrogen) atoms. The molecule has 0 aliphatic carbocycles. The second-order valence-electron chi connectivity index (χ2n) is 4.91. The van der Waals surface area contributed by atoms with Crippen LogP contribution in [0.4, 0.5) is 0 Å². The van der Waals surface area contributed by atoms with Crippen molar-refractivity contribution in [2.24, 2.45) is 5.10 Å². The van der Waals surface area contributed by atoms with Crippen LogP contribution in [0.5, 0.6) is 11.5 Å². The van der Waals surface area contributed by atoms with Crippen molar-refractivity contribution in [1.29, 1.82) is 0 Å². The van der Waals surface area contributed by atoms with Gasteiger partial charge in [0.15, 0.2) is 4.77 Å². The van der Waals surface area contributed by atoms with E-state index >= 15 is 0 Å². The summed E-state index contributed by atoms with van der Waals surface area (Å²) in [5.41, 5.74) is 3.24. The number of methoxy groups -OCH3 is 1. The lowest BCUT2D eigenvalue weighted by atomic mass is 10.1. The van der Waals surface area contributed by atoms with Crippen LogP contribution >= 0.6 is 12.2 Å². The number of phenols is 1. The lowest BCUT2D eigenvalue weighted by molar-refractivity contribution is -0.120. The molecule has 0 aliphatic heterocycles. The maximum Gasteiger partial charge on any atom is 0.251 e. The average Bonchev–Trinajstić information content (AvgIpc) is 2.51. The van der Waals surface area contributed by atoms with Crippen LogP contribution < -0.4 is 15.7 Å². The third kappa shape index (κ3) is 4.53. The number of carbonyl (C=O) groups excluding carboxylic acids is 1. The zero-order chi connectivity index (χ0) is 17.7. The molecule has 0 spiro atoms. The van der Waals surface area contributed by atoms with Crippen molar-refractivity contribution in [3.63, 3.8) is 0 Å². The highest BCUT2D eigenvalue weighted by atomic mass is 32.1. The minimum atomic E-state index is -0.432. The molecule has 4 N–H and O–H groups in total. The summed E-state index contributed by atoms with van der Waals surface area (Å²) >= 11 is 4.84. The third-order valence-corrected chi connectivity index (χ3v) is 3.31. The fraction of sp³-hybridized carbons (Fsp3) is 0.200. The van der Waals surface area contributed by atoms with Gasteiger partial charge in [0.05, 0.1) is 19.2 Å². The second kappa shape index (κ2) is 7.55. The largest absolute Gasteiger partial charge is 0.507 e. The summed E-state index contributed by atoms with van der Waals surface area (Å²) in [4.78, 5) is 28.3.